The Balaban J connectivity index is 1.09. The molecule has 41 heavy (non-hydrogen) atoms. The summed E-state index contributed by atoms with van der Waals surface area (Å²) in [7, 11) is 1.25. The first-order valence-electron chi connectivity index (χ1n) is 13.8. The molecule has 2 amide bonds. The third kappa shape index (κ3) is 11.5. The van der Waals surface area contributed by atoms with Gasteiger partial charge in [-0.1, -0.05) is 48.5 Å². The number of benzene rings is 2. The molecule has 11 nitrogen and oxygen atoms in total. The number of fused-ring (bicyclic) bond motifs is 3. The van der Waals surface area contributed by atoms with Crippen LogP contribution in [0.3, 0.4) is 0 Å². The van der Waals surface area contributed by atoms with Crippen LogP contribution >= 0.6 is 0 Å². The van der Waals surface area contributed by atoms with Crippen LogP contribution in [0.5, 0.6) is 0 Å². The molecule has 0 radical (unpaired) electrons. The fourth-order valence-electron chi connectivity index (χ4n) is 4.30. The Labute approximate surface area is 240 Å². The molecule has 1 aliphatic carbocycles. The number of carbonyl (C=O) groups excluding carboxylic acids is 3. The number of hydrogen-bond acceptors (Lipinski definition) is 9. The minimum Gasteiger partial charge on any atom is -0.467 e. The van der Waals surface area contributed by atoms with Crippen LogP contribution in [-0.2, 0) is 38.0 Å². The standard InChI is InChI=1S/C30H40N2O9/c1-36-29(34)22-40-21-28(33)31-12-6-14-37-16-18-39-19-17-38-15-7-13-32-30(35)41-20-27-25-10-4-2-8-23(25)24-9-3-5-11-26(24)27/h2-5,8-11,27H,6-7,12-22H2,1H3,(H,31,33)(H,32,35). The van der Waals surface area contributed by atoms with Gasteiger partial charge in [-0.2, -0.15) is 0 Å². The van der Waals surface area contributed by atoms with Crippen molar-refractivity contribution in [3.63, 3.8) is 0 Å². The van der Waals surface area contributed by atoms with E-state index in [-0.39, 0.29) is 25.0 Å². The Kier molecular flexibility index (Phi) is 14.7. The van der Waals surface area contributed by atoms with Crippen molar-refractivity contribution in [2.45, 2.75) is 18.8 Å². The number of carbonyl (C=O) groups is 3. The summed E-state index contributed by atoms with van der Waals surface area (Å²) in [4.78, 5) is 34.6. The Hall–Kier alpha value is -3.51. The second-order valence-corrected chi connectivity index (χ2v) is 9.22. The smallest absolute Gasteiger partial charge is 0.407 e. The summed E-state index contributed by atoms with van der Waals surface area (Å²) in [6.45, 7) is 3.55. The van der Waals surface area contributed by atoms with Crippen LogP contribution < -0.4 is 10.6 Å². The fourth-order valence-corrected chi connectivity index (χ4v) is 4.30. The van der Waals surface area contributed by atoms with E-state index in [9.17, 15) is 14.4 Å². The molecule has 0 atom stereocenters. The summed E-state index contributed by atoms with van der Waals surface area (Å²) in [5, 5.41) is 5.45. The molecule has 1 aliphatic rings. The topological polar surface area (TPSA) is 131 Å². The van der Waals surface area contributed by atoms with Crippen LogP contribution in [0.25, 0.3) is 11.1 Å². The zero-order chi connectivity index (χ0) is 29.1. The van der Waals surface area contributed by atoms with E-state index in [1.54, 1.807) is 0 Å². The molecule has 0 bridgehead atoms. The normalized spacial score (nSPS) is 11.9. The summed E-state index contributed by atoms with van der Waals surface area (Å²) in [6.07, 6.45) is 0.888. The quantitative estimate of drug-likeness (QED) is 0.182. The van der Waals surface area contributed by atoms with E-state index < -0.39 is 12.1 Å². The molecule has 2 aromatic rings. The van der Waals surface area contributed by atoms with Crippen molar-refractivity contribution >= 4 is 18.0 Å². The van der Waals surface area contributed by atoms with Gasteiger partial charge in [-0.05, 0) is 35.1 Å². The number of alkyl carbamates (subject to hydrolysis) is 1. The maximum atomic E-state index is 12.2. The first kappa shape index (κ1) is 32.0. The molecule has 0 heterocycles. The van der Waals surface area contributed by atoms with Crippen LogP contribution in [0, 0.1) is 0 Å². The molecule has 0 unspecified atom stereocenters. The van der Waals surface area contributed by atoms with Crippen LogP contribution in [0.2, 0.25) is 0 Å². The Morgan fingerprint density at radius 1 is 0.683 bits per heavy atom. The molecule has 2 N–H and O–H groups in total. The molecule has 0 fully saturated rings. The van der Waals surface area contributed by atoms with Crippen molar-refractivity contribution in [1.82, 2.24) is 10.6 Å². The Morgan fingerprint density at radius 3 is 1.80 bits per heavy atom. The number of ether oxygens (including phenoxy) is 6. The lowest BCUT2D eigenvalue weighted by Crippen LogP contribution is -2.30. The summed E-state index contributed by atoms with van der Waals surface area (Å²) < 4.78 is 31.3. The second-order valence-electron chi connectivity index (χ2n) is 9.22. The van der Waals surface area contributed by atoms with Gasteiger partial charge < -0.3 is 39.1 Å². The van der Waals surface area contributed by atoms with E-state index in [4.69, 9.17) is 23.7 Å². The number of nitrogens with one attached hydrogen (secondary N) is 2. The summed E-state index contributed by atoms with van der Waals surface area (Å²) in [5.74, 6) is -0.785. The minimum absolute atomic E-state index is 0.0430. The average molecular weight is 573 g/mol. The zero-order valence-electron chi connectivity index (χ0n) is 23.6. The number of methoxy groups -OCH3 is 1. The highest BCUT2D eigenvalue weighted by Crippen LogP contribution is 2.44. The van der Waals surface area contributed by atoms with Crippen molar-refractivity contribution < 1.29 is 42.8 Å². The third-order valence-corrected chi connectivity index (χ3v) is 6.29. The van der Waals surface area contributed by atoms with E-state index in [0.717, 1.165) is 0 Å². The molecule has 224 valence electrons. The zero-order valence-corrected chi connectivity index (χ0v) is 23.6. The monoisotopic (exact) mass is 572 g/mol. The van der Waals surface area contributed by atoms with E-state index in [2.05, 4.69) is 39.6 Å². The Morgan fingerprint density at radius 2 is 1.22 bits per heavy atom. The number of rotatable bonds is 20. The average Bonchev–Trinajstić information content (AvgIpc) is 3.31. The predicted molar refractivity (Wildman–Crippen MR) is 151 cm³/mol. The summed E-state index contributed by atoms with van der Waals surface area (Å²) in [5.41, 5.74) is 4.77. The van der Waals surface area contributed by atoms with Crippen LogP contribution in [0.4, 0.5) is 4.79 Å². The highest BCUT2D eigenvalue weighted by molar-refractivity contribution is 5.79. The number of esters is 1. The molecule has 2 aromatic carbocycles. The van der Waals surface area contributed by atoms with E-state index >= 15 is 0 Å². The highest BCUT2D eigenvalue weighted by atomic mass is 16.6. The van der Waals surface area contributed by atoms with Gasteiger partial charge in [0.05, 0.1) is 33.5 Å². The van der Waals surface area contributed by atoms with Gasteiger partial charge in [0, 0.05) is 32.2 Å². The highest BCUT2D eigenvalue weighted by Gasteiger charge is 2.28. The van der Waals surface area contributed by atoms with Gasteiger partial charge in [0.25, 0.3) is 0 Å². The van der Waals surface area contributed by atoms with Crippen molar-refractivity contribution in [3.8, 4) is 11.1 Å². The first-order chi connectivity index (χ1) is 20.1. The SMILES string of the molecule is COC(=O)COCC(=O)NCCCOCCOCCOCCCNC(=O)OCC1c2ccccc2-c2ccccc21. The van der Waals surface area contributed by atoms with Gasteiger partial charge in [-0.15, -0.1) is 0 Å². The van der Waals surface area contributed by atoms with Gasteiger partial charge in [0.15, 0.2) is 0 Å². The van der Waals surface area contributed by atoms with Crippen LogP contribution in [0.15, 0.2) is 48.5 Å². The summed E-state index contributed by atoms with van der Waals surface area (Å²) in [6, 6.07) is 16.5. The van der Waals surface area contributed by atoms with Gasteiger partial charge in [-0.3, -0.25) is 4.79 Å². The summed E-state index contributed by atoms with van der Waals surface area (Å²) >= 11 is 0. The number of amides is 2. The van der Waals surface area contributed by atoms with Gasteiger partial charge in [-0.25, -0.2) is 9.59 Å². The van der Waals surface area contributed by atoms with Crippen molar-refractivity contribution in [3.05, 3.63) is 59.7 Å². The predicted octanol–water partition coefficient (Wildman–Crippen LogP) is 2.66. The molecule has 0 aromatic heterocycles. The molecule has 0 aliphatic heterocycles. The molecule has 0 spiro atoms. The third-order valence-electron chi connectivity index (χ3n) is 6.29. The first-order valence-corrected chi connectivity index (χ1v) is 13.8. The van der Waals surface area contributed by atoms with Crippen molar-refractivity contribution in [1.29, 1.82) is 0 Å². The van der Waals surface area contributed by atoms with Crippen molar-refractivity contribution in [2.24, 2.45) is 0 Å². The van der Waals surface area contributed by atoms with E-state index in [1.165, 1.54) is 29.4 Å². The van der Waals surface area contributed by atoms with E-state index in [0.29, 0.717) is 72.2 Å². The van der Waals surface area contributed by atoms with Crippen LogP contribution in [-0.4, -0.2) is 97.6 Å². The van der Waals surface area contributed by atoms with Gasteiger partial charge in [0.1, 0.15) is 19.8 Å². The van der Waals surface area contributed by atoms with Gasteiger partial charge >= 0.3 is 12.1 Å². The van der Waals surface area contributed by atoms with Crippen molar-refractivity contribution in [2.75, 3.05) is 79.7 Å². The van der Waals surface area contributed by atoms with E-state index in [1.807, 2.05) is 24.3 Å². The lowest BCUT2D eigenvalue weighted by molar-refractivity contribution is -0.147. The molecular formula is C30H40N2O9. The van der Waals surface area contributed by atoms with Gasteiger partial charge in [0.2, 0.25) is 5.91 Å². The lowest BCUT2D eigenvalue weighted by Gasteiger charge is -2.14. The number of hydrogen-bond donors (Lipinski definition) is 2. The molecule has 0 saturated carbocycles. The lowest BCUT2D eigenvalue weighted by atomic mass is 9.98. The van der Waals surface area contributed by atoms with Crippen LogP contribution in [0.1, 0.15) is 29.9 Å². The molecule has 3 rings (SSSR count). The molecule has 0 saturated heterocycles. The Bertz CT molecular complexity index is 1050. The maximum Gasteiger partial charge on any atom is 0.407 e. The fraction of sp³-hybridized carbons (Fsp3) is 0.500. The second kappa shape index (κ2) is 18.8. The minimum atomic E-state index is -0.527. The largest absolute Gasteiger partial charge is 0.467 e. The maximum absolute atomic E-state index is 12.2. The molecular weight excluding hydrogens is 532 g/mol. The molecule has 11 heteroatoms.